The molecule has 1 saturated heterocycles. The highest BCUT2D eigenvalue weighted by Crippen LogP contribution is 2.19. The normalized spacial score (nSPS) is 15.6. The second-order valence-electron chi connectivity index (χ2n) is 5.86. The number of anilines is 1. The van der Waals surface area contributed by atoms with Gasteiger partial charge in [-0.2, -0.15) is 4.31 Å². The highest BCUT2D eigenvalue weighted by Gasteiger charge is 2.26. The van der Waals surface area contributed by atoms with E-state index in [0.717, 1.165) is 0 Å². The molecule has 1 N–H and O–H groups in total. The van der Waals surface area contributed by atoms with E-state index >= 15 is 0 Å². The van der Waals surface area contributed by atoms with E-state index in [1.165, 1.54) is 16.4 Å². The Bertz CT molecular complexity index is 715. The summed E-state index contributed by atoms with van der Waals surface area (Å²) in [5.74, 6) is -0.183. The van der Waals surface area contributed by atoms with Crippen LogP contribution in [0.2, 0.25) is 0 Å². The molecular weight excluding hydrogens is 354 g/mol. The lowest BCUT2D eigenvalue weighted by molar-refractivity contribution is -0.117. The summed E-state index contributed by atoms with van der Waals surface area (Å²) in [5.41, 5.74) is 0.549. The quantitative estimate of drug-likeness (QED) is 0.655. The summed E-state index contributed by atoms with van der Waals surface area (Å²) in [6, 6.07) is 6.20. The Balaban J connectivity index is 1.99. The third kappa shape index (κ3) is 5.50. The van der Waals surface area contributed by atoms with Gasteiger partial charge in [0.05, 0.1) is 24.7 Å². The van der Waals surface area contributed by atoms with Crippen molar-refractivity contribution in [3.05, 3.63) is 49.6 Å². The van der Waals surface area contributed by atoms with Crippen LogP contribution in [-0.2, 0) is 19.6 Å². The highest BCUT2D eigenvalue weighted by atomic mass is 32.2. The fourth-order valence-electron chi connectivity index (χ4n) is 2.62. The van der Waals surface area contributed by atoms with Crippen LogP contribution in [0.4, 0.5) is 5.69 Å². The zero-order chi connectivity index (χ0) is 19.0. The zero-order valence-corrected chi connectivity index (χ0v) is 15.6. The van der Waals surface area contributed by atoms with Crippen molar-refractivity contribution in [2.45, 2.75) is 4.90 Å². The Morgan fingerprint density at radius 1 is 1.15 bits per heavy atom. The van der Waals surface area contributed by atoms with Gasteiger partial charge in [-0.1, -0.05) is 12.2 Å². The fourth-order valence-corrected chi connectivity index (χ4v) is 4.03. The molecule has 0 atom stereocenters. The van der Waals surface area contributed by atoms with Crippen molar-refractivity contribution in [3.63, 3.8) is 0 Å². The van der Waals surface area contributed by atoms with Crippen LogP contribution in [0.5, 0.6) is 0 Å². The number of sulfonamides is 1. The van der Waals surface area contributed by atoms with Gasteiger partial charge in [0.2, 0.25) is 15.9 Å². The molecule has 7 nitrogen and oxygen atoms in total. The van der Waals surface area contributed by atoms with E-state index in [-0.39, 0.29) is 17.3 Å². The molecule has 0 spiro atoms. The lowest BCUT2D eigenvalue weighted by atomic mass is 10.3. The molecule has 0 radical (unpaired) electrons. The molecular formula is C18H25N3O4S. The van der Waals surface area contributed by atoms with Gasteiger partial charge in [-0.05, 0) is 24.3 Å². The molecule has 142 valence electrons. The third-order valence-corrected chi connectivity index (χ3v) is 5.80. The van der Waals surface area contributed by atoms with Crippen LogP contribution in [0.1, 0.15) is 0 Å². The average molecular weight is 379 g/mol. The first-order chi connectivity index (χ1) is 12.5. The lowest BCUT2D eigenvalue weighted by Crippen LogP contribution is -2.40. The third-order valence-electron chi connectivity index (χ3n) is 3.89. The molecule has 1 aliphatic heterocycles. The summed E-state index contributed by atoms with van der Waals surface area (Å²) in [5, 5.41) is 2.77. The van der Waals surface area contributed by atoms with Crippen molar-refractivity contribution in [2.75, 3.05) is 51.3 Å². The summed E-state index contributed by atoms with van der Waals surface area (Å²) >= 11 is 0. The number of carbonyl (C=O) groups excluding carboxylic acids is 1. The summed E-state index contributed by atoms with van der Waals surface area (Å²) in [4.78, 5) is 14.2. The Morgan fingerprint density at radius 3 is 2.27 bits per heavy atom. The number of nitrogens with one attached hydrogen (secondary N) is 1. The molecule has 1 aromatic carbocycles. The number of hydrogen-bond donors (Lipinski definition) is 1. The number of amides is 1. The number of hydrogen-bond acceptors (Lipinski definition) is 5. The minimum absolute atomic E-state index is 0.183. The molecule has 1 aliphatic rings. The second-order valence-corrected chi connectivity index (χ2v) is 7.80. The first-order valence-corrected chi connectivity index (χ1v) is 9.83. The van der Waals surface area contributed by atoms with E-state index in [1.807, 2.05) is 4.90 Å². The van der Waals surface area contributed by atoms with E-state index in [4.69, 9.17) is 4.74 Å². The van der Waals surface area contributed by atoms with Crippen molar-refractivity contribution >= 4 is 21.6 Å². The molecule has 0 aromatic heterocycles. The summed E-state index contributed by atoms with van der Waals surface area (Å²) in [6.07, 6.45) is 3.45. The minimum Gasteiger partial charge on any atom is -0.379 e. The zero-order valence-electron chi connectivity index (χ0n) is 14.8. The number of rotatable bonds is 9. The van der Waals surface area contributed by atoms with E-state index in [1.54, 1.807) is 24.3 Å². The van der Waals surface area contributed by atoms with Crippen molar-refractivity contribution in [1.29, 1.82) is 0 Å². The standard InChI is InChI=1S/C18H25N3O4S/c1-3-9-20(10-4-2)15-18(22)19-16-5-7-17(8-6-16)26(23,24)21-11-13-25-14-12-21/h3-8H,1-2,9-15H2,(H,19,22). The van der Waals surface area contributed by atoms with Crippen LogP contribution in [0.15, 0.2) is 54.5 Å². The van der Waals surface area contributed by atoms with Gasteiger partial charge in [0.15, 0.2) is 0 Å². The largest absolute Gasteiger partial charge is 0.379 e. The Labute approximate surface area is 155 Å². The van der Waals surface area contributed by atoms with E-state index in [2.05, 4.69) is 18.5 Å². The summed E-state index contributed by atoms with van der Waals surface area (Å²) in [7, 11) is -3.53. The van der Waals surface area contributed by atoms with Crippen LogP contribution in [0, 0.1) is 0 Å². The molecule has 8 heteroatoms. The van der Waals surface area contributed by atoms with Crippen LogP contribution in [0.25, 0.3) is 0 Å². The molecule has 0 unspecified atom stereocenters. The van der Waals surface area contributed by atoms with Gasteiger partial charge in [-0.25, -0.2) is 8.42 Å². The number of ether oxygens (including phenoxy) is 1. The van der Waals surface area contributed by atoms with Gasteiger partial charge < -0.3 is 10.1 Å². The average Bonchev–Trinajstić information content (AvgIpc) is 2.63. The predicted molar refractivity (Wildman–Crippen MR) is 101 cm³/mol. The number of carbonyl (C=O) groups is 1. The fraction of sp³-hybridized carbons (Fsp3) is 0.389. The highest BCUT2D eigenvalue weighted by molar-refractivity contribution is 7.89. The maximum Gasteiger partial charge on any atom is 0.243 e. The van der Waals surface area contributed by atoms with Crippen molar-refractivity contribution in [3.8, 4) is 0 Å². The maximum absolute atomic E-state index is 12.6. The molecule has 1 amide bonds. The van der Waals surface area contributed by atoms with Crippen LogP contribution < -0.4 is 5.32 Å². The monoisotopic (exact) mass is 379 g/mol. The molecule has 1 fully saturated rings. The number of nitrogens with zero attached hydrogens (tertiary/aromatic N) is 2. The lowest BCUT2D eigenvalue weighted by Gasteiger charge is -2.26. The van der Waals surface area contributed by atoms with Gasteiger partial charge in [0, 0.05) is 31.9 Å². The predicted octanol–water partition coefficient (Wildman–Crippen LogP) is 1.32. The molecule has 0 saturated carbocycles. The van der Waals surface area contributed by atoms with Crippen LogP contribution >= 0.6 is 0 Å². The number of benzene rings is 1. The first-order valence-electron chi connectivity index (χ1n) is 8.39. The molecule has 2 rings (SSSR count). The molecule has 0 aliphatic carbocycles. The molecule has 1 aromatic rings. The van der Waals surface area contributed by atoms with Crippen LogP contribution in [0.3, 0.4) is 0 Å². The second kappa shape index (κ2) is 9.63. The van der Waals surface area contributed by atoms with Gasteiger partial charge in [-0.3, -0.25) is 9.69 Å². The number of morpholine rings is 1. The van der Waals surface area contributed by atoms with E-state index < -0.39 is 10.0 Å². The Hall–Kier alpha value is -2.00. The van der Waals surface area contributed by atoms with Gasteiger partial charge in [0.1, 0.15) is 0 Å². The maximum atomic E-state index is 12.6. The first kappa shape index (κ1) is 20.3. The summed E-state index contributed by atoms with van der Waals surface area (Å²) in [6.45, 7) is 10.2. The smallest absolute Gasteiger partial charge is 0.243 e. The van der Waals surface area contributed by atoms with Crippen molar-refractivity contribution < 1.29 is 17.9 Å². The SMILES string of the molecule is C=CCN(CC=C)CC(=O)Nc1ccc(S(=O)(=O)N2CCOCC2)cc1. The molecule has 26 heavy (non-hydrogen) atoms. The van der Waals surface area contributed by atoms with Gasteiger partial charge >= 0.3 is 0 Å². The van der Waals surface area contributed by atoms with E-state index in [0.29, 0.717) is 45.1 Å². The molecule has 1 heterocycles. The topological polar surface area (TPSA) is 79.0 Å². The van der Waals surface area contributed by atoms with Crippen molar-refractivity contribution in [1.82, 2.24) is 9.21 Å². The minimum atomic E-state index is -3.53. The van der Waals surface area contributed by atoms with Crippen LogP contribution in [-0.4, -0.2) is 69.5 Å². The van der Waals surface area contributed by atoms with E-state index in [9.17, 15) is 13.2 Å². The molecule has 0 bridgehead atoms. The Morgan fingerprint density at radius 2 is 1.73 bits per heavy atom. The van der Waals surface area contributed by atoms with Gasteiger partial charge in [-0.15, -0.1) is 13.2 Å². The summed E-state index contributed by atoms with van der Waals surface area (Å²) < 4.78 is 31.7. The van der Waals surface area contributed by atoms with Gasteiger partial charge in [0.25, 0.3) is 0 Å². The van der Waals surface area contributed by atoms with Crippen molar-refractivity contribution in [2.24, 2.45) is 0 Å². The Kier molecular flexibility index (Phi) is 7.52.